The Labute approximate surface area is 130 Å². The van der Waals surface area contributed by atoms with E-state index >= 15 is 0 Å². The molecular formula is C17H23FN2S. The van der Waals surface area contributed by atoms with Gasteiger partial charge in [0.25, 0.3) is 0 Å². The van der Waals surface area contributed by atoms with Crippen LogP contribution in [0.15, 0.2) is 18.2 Å². The minimum absolute atomic E-state index is 0.0686. The fourth-order valence-electron chi connectivity index (χ4n) is 2.22. The minimum Gasteiger partial charge on any atom is -0.377 e. The lowest BCUT2D eigenvalue weighted by atomic mass is 9.98. The third kappa shape index (κ3) is 3.62. The van der Waals surface area contributed by atoms with E-state index in [0.717, 1.165) is 22.0 Å². The zero-order valence-corrected chi connectivity index (χ0v) is 14.4. The largest absolute Gasteiger partial charge is 0.377 e. The van der Waals surface area contributed by atoms with Gasteiger partial charge in [-0.15, -0.1) is 11.3 Å². The second-order valence-corrected chi connectivity index (χ2v) is 7.57. The molecule has 2 rings (SSSR count). The monoisotopic (exact) mass is 306 g/mol. The van der Waals surface area contributed by atoms with Crippen LogP contribution < -0.4 is 5.32 Å². The quantitative estimate of drug-likeness (QED) is 0.824. The first-order valence-corrected chi connectivity index (χ1v) is 8.00. The SMILES string of the molecule is Cc1cc(F)ccc1NC(C)c1sc(C(C)(C)C)nc1C. The Balaban J connectivity index is 2.24. The van der Waals surface area contributed by atoms with Gasteiger partial charge in [0.05, 0.1) is 16.7 Å². The standard InChI is InChI=1S/C17H23FN2S/c1-10-9-13(18)7-8-14(10)19-11(2)15-12(3)20-16(21-15)17(4,5)6/h7-9,11,19H,1-6H3. The molecule has 21 heavy (non-hydrogen) atoms. The summed E-state index contributed by atoms with van der Waals surface area (Å²) in [6, 6.07) is 4.99. The molecule has 0 radical (unpaired) electrons. The Bertz CT molecular complexity index is 641. The smallest absolute Gasteiger partial charge is 0.123 e. The highest BCUT2D eigenvalue weighted by Crippen LogP contribution is 2.34. The Morgan fingerprint density at radius 2 is 1.90 bits per heavy atom. The van der Waals surface area contributed by atoms with Crippen LogP contribution in [0.4, 0.5) is 10.1 Å². The third-order valence-electron chi connectivity index (χ3n) is 3.43. The van der Waals surface area contributed by atoms with Crippen LogP contribution in [0.5, 0.6) is 0 Å². The molecule has 0 aliphatic carbocycles. The van der Waals surface area contributed by atoms with Crippen molar-refractivity contribution in [3.8, 4) is 0 Å². The summed E-state index contributed by atoms with van der Waals surface area (Å²) in [7, 11) is 0. The van der Waals surface area contributed by atoms with Crippen molar-refractivity contribution >= 4 is 17.0 Å². The van der Waals surface area contributed by atoms with Gasteiger partial charge in [-0.05, 0) is 44.5 Å². The molecule has 2 nitrogen and oxygen atoms in total. The maximum atomic E-state index is 13.2. The van der Waals surface area contributed by atoms with Gasteiger partial charge in [0.2, 0.25) is 0 Å². The number of rotatable bonds is 3. The van der Waals surface area contributed by atoms with E-state index < -0.39 is 0 Å². The summed E-state index contributed by atoms with van der Waals surface area (Å²) in [5, 5.41) is 4.62. The highest BCUT2D eigenvalue weighted by Gasteiger charge is 2.22. The van der Waals surface area contributed by atoms with Crippen molar-refractivity contribution in [1.29, 1.82) is 0 Å². The van der Waals surface area contributed by atoms with Gasteiger partial charge in [-0.25, -0.2) is 9.37 Å². The first kappa shape index (κ1) is 16.0. The molecule has 4 heteroatoms. The number of hydrogen-bond donors (Lipinski definition) is 1. The topological polar surface area (TPSA) is 24.9 Å². The zero-order valence-electron chi connectivity index (χ0n) is 13.5. The summed E-state index contributed by atoms with van der Waals surface area (Å²) in [5.74, 6) is -0.199. The fourth-order valence-corrected chi connectivity index (χ4v) is 3.34. The van der Waals surface area contributed by atoms with Crippen LogP contribution in [0.25, 0.3) is 0 Å². The van der Waals surface area contributed by atoms with Crippen LogP contribution in [-0.4, -0.2) is 4.98 Å². The second-order valence-electron chi connectivity index (χ2n) is 6.54. The summed E-state index contributed by atoms with van der Waals surface area (Å²) in [6.45, 7) is 12.6. The molecule has 0 fully saturated rings. The summed E-state index contributed by atoms with van der Waals surface area (Å²) in [5.41, 5.74) is 3.03. The van der Waals surface area contributed by atoms with E-state index in [1.807, 2.05) is 6.92 Å². The average molecular weight is 306 g/mol. The molecule has 1 N–H and O–H groups in total. The summed E-state index contributed by atoms with van der Waals surface area (Å²) in [6.07, 6.45) is 0. The molecule has 1 unspecified atom stereocenters. The van der Waals surface area contributed by atoms with E-state index in [1.165, 1.54) is 10.9 Å². The van der Waals surface area contributed by atoms with Crippen LogP contribution in [0.3, 0.4) is 0 Å². The Morgan fingerprint density at radius 3 is 2.43 bits per heavy atom. The normalized spacial score (nSPS) is 13.3. The highest BCUT2D eigenvalue weighted by atomic mass is 32.1. The van der Waals surface area contributed by atoms with E-state index in [2.05, 4.69) is 39.9 Å². The second kappa shape index (κ2) is 5.76. The summed E-state index contributed by atoms with van der Waals surface area (Å²) >= 11 is 1.76. The number of aromatic nitrogens is 1. The number of nitrogens with one attached hydrogen (secondary N) is 1. The molecule has 2 aromatic rings. The van der Waals surface area contributed by atoms with Gasteiger partial charge in [0.15, 0.2) is 0 Å². The number of halogens is 1. The molecule has 0 aliphatic rings. The van der Waals surface area contributed by atoms with Crippen molar-refractivity contribution < 1.29 is 4.39 Å². The molecule has 0 saturated carbocycles. The Kier molecular flexibility index (Phi) is 4.38. The summed E-state index contributed by atoms with van der Waals surface area (Å²) in [4.78, 5) is 5.94. The molecule has 0 aliphatic heterocycles. The molecule has 1 aromatic heterocycles. The van der Waals surface area contributed by atoms with Crippen LogP contribution in [-0.2, 0) is 5.41 Å². The third-order valence-corrected chi connectivity index (χ3v) is 5.19. The first-order valence-electron chi connectivity index (χ1n) is 7.19. The number of benzene rings is 1. The van der Waals surface area contributed by atoms with Gasteiger partial charge in [-0.1, -0.05) is 20.8 Å². The molecule has 0 bridgehead atoms. The predicted molar refractivity (Wildman–Crippen MR) is 88.7 cm³/mol. The fraction of sp³-hybridized carbons (Fsp3) is 0.471. The zero-order chi connectivity index (χ0) is 15.8. The van der Waals surface area contributed by atoms with Gasteiger partial charge in [-0.3, -0.25) is 0 Å². The van der Waals surface area contributed by atoms with E-state index in [1.54, 1.807) is 23.5 Å². The van der Waals surface area contributed by atoms with Crippen molar-refractivity contribution in [2.75, 3.05) is 5.32 Å². The van der Waals surface area contributed by atoms with Gasteiger partial charge >= 0.3 is 0 Å². The van der Waals surface area contributed by atoms with Gasteiger partial charge in [0.1, 0.15) is 5.82 Å². The van der Waals surface area contributed by atoms with E-state index in [-0.39, 0.29) is 17.3 Å². The number of thiazole rings is 1. The maximum Gasteiger partial charge on any atom is 0.123 e. The predicted octanol–water partition coefficient (Wildman–Crippen LogP) is 5.37. The van der Waals surface area contributed by atoms with Crippen LogP contribution in [0, 0.1) is 19.7 Å². The Morgan fingerprint density at radius 1 is 1.24 bits per heavy atom. The molecular weight excluding hydrogens is 283 g/mol. The maximum absolute atomic E-state index is 13.2. The van der Waals surface area contributed by atoms with Gasteiger partial charge < -0.3 is 5.32 Å². The number of nitrogens with zero attached hydrogens (tertiary/aromatic N) is 1. The lowest BCUT2D eigenvalue weighted by Gasteiger charge is -2.17. The molecule has 0 saturated heterocycles. The van der Waals surface area contributed by atoms with Gasteiger partial charge in [-0.2, -0.15) is 0 Å². The van der Waals surface area contributed by atoms with E-state index in [4.69, 9.17) is 4.98 Å². The van der Waals surface area contributed by atoms with Crippen LogP contribution in [0.2, 0.25) is 0 Å². The number of hydrogen-bond acceptors (Lipinski definition) is 3. The number of aryl methyl sites for hydroxylation is 2. The minimum atomic E-state index is -0.199. The first-order chi connectivity index (χ1) is 9.68. The molecule has 0 spiro atoms. The lowest BCUT2D eigenvalue weighted by Crippen LogP contribution is -2.10. The Hall–Kier alpha value is -1.42. The highest BCUT2D eigenvalue weighted by molar-refractivity contribution is 7.12. The van der Waals surface area contributed by atoms with E-state index in [9.17, 15) is 4.39 Å². The number of anilines is 1. The van der Waals surface area contributed by atoms with Crippen LogP contribution >= 0.6 is 11.3 Å². The summed E-state index contributed by atoms with van der Waals surface area (Å²) < 4.78 is 13.2. The van der Waals surface area contributed by atoms with Gasteiger partial charge in [0, 0.05) is 16.0 Å². The van der Waals surface area contributed by atoms with Crippen molar-refractivity contribution in [3.05, 3.63) is 45.2 Å². The van der Waals surface area contributed by atoms with Crippen molar-refractivity contribution in [2.24, 2.45) is 0 Å². The van der Waals surface area contributed by atoms with Crippen molar-refractivity contribution in [1.82, 2.24) is 4.98 Å². The van der Waals surface area contributed by atoms with Crippen LogP contribution in [0.1, 0.15) is 54.9 Å². The van der Waals surface area contributed by atoms with Crippen molar-refractivity contribution in [3.63, 3.8) is 0 Å². The lowest BCUT2D eigenvalue weighted by molar-refractivity contribution is 0.584. The molecule has 0 amide bonds. The van der Waals surface area contributed by atoms with E-state index in [0.29, 0.717) is 0 Å². The average Bonchev–Trinajstić information content (AvgIpc) is 2.75. The molecule has 1 atom stereocenters. The molecule has 1 heterocycles. The molecule has 1 aromatic carbocycles. The van der Waals surface area contributed by atoms with Crippen molar-refractivity contribution in [2.45, 2.75) is 53.0 Å². The molecule has 114 valence electrons.